The second-order valence-electron chi connectivity index (χ2n) is 7.65. The summed E-state index contributed by atoms with van der Waals surface area (Å²) in [5, 5.41) is 14.6. The molecule has 1 N–H and O–H groups in total. The minimum absolute atomic E-state index is 0.0127. The van der Waals surface area contributed by atoms with Crippen LogP contribution in [0.25, 0.3) is 23.2 Å². The molecule has 2 unspecified atom stereocenters. The molecule has 0 radical (unpaired) electrons. The number of hydrogen-bond donors (Lipinski definition) is 1. The molecule has 2 atom stereocenters. The molecule has 0 spiro atoms. The lowest BCUT2D eigenvalue weighted by Gasteiger charge is -2.23. The quantitative estimate of drug-likeness (QED) is 0.628. The normalized spacial score (nSPS) is 19.6. The molecule has 1 aliphatic heterocycles. The molecule has 1 aromatic carbocycles. The van der Waals surface area contributed by atoms with E-state index in [0.717, 1.165) is 22.5 Å². The van der Waals surface area contributed by atoms with E-state index in [1.54, 1.807) is 41.3 Å². The summed E-state index contributed by atoms with van der Waals surface area (Å²) in [4.78, 5) is 11.7. The van der Waals surface area contributed by atoms with E-state index >= 15 is 0 Å². The summed E-state index contributed by atoms with van der Waals surface area (Å²) in [6.45, 7) is 4.07. The van der Waals surface area contributed by atoms with Gasteiger partial charge in [0.2, 0.25) is 5.88 Å². The van der Waals surface area contributed by atoms with Gasteiger partial charge in [0.05, 0.1) is 30.2 Å². The molecule has 1 fully saturated rings. The van der Waals surface area contributed by atoms with Crippen molar-refractivity contribution in [2.75, 3.05) is 0 Å². The molecule has 0 aliphatic carbocycles. The van der Waals surface area contributed by atoms with E-state index in [2.05, 4.69) is 0 Å². The second kappa shape index (κ2) is 8.28. The highest BCUT2D eigenvalue weighted by Gasteiger charge is 2.26. The van der Waals surface area contributed by atoms with Crippen LogP contribution < -0.4 is 0 Å². The Morgan fingerprint density at radius 3 is 2.67 bits per heavy atom. The van der Waals surface area contributed by atoms with Gasteiger partial charge in [-0.3, -0.25) is 4.79 Å². The Labute approximate surface area is 173 Å². The Bertz CT molecular complexity index is 1050. The Morgan fingerprint density at radius 2 is 2.03 bits per heavy atom. The molecule has 2 aromatic heterocycles. The van der Waals surface area contributed by atoms with Crippen molar-refractivity contribution in [2.24, 2.45) is 0 Å². The van der Waals surface area contributed by atoms with E-state index in [9.17, 15) is 14.3 Å². The number of aliphatic hydroxyl groups excluding tert-OH is 1. The molecule has 0 saturated carbocycles. The second-order valence-corrected chi connectivity index (χ2v) is 7.65. The number of carbonyl (C=O) groups excluding carboxylic acids is 1. The van der Waals surface area contributed by atoms with E-state index in [0.29, 0.717) is 12.3 Å². The highest BCUT2D eigenvalue weighted by Crippen LogP contribution is 2.34. The largest absolute Gasteiger partial charge is 0.458 e. The summed E-state index contributed by atoms with van der Waals surface area (Å²) in [5.41, 5.74) is 3.16. The Balaban J connectivity index is 1.84. The Hall–Kier alpha value is -3.19. The predicted octanol–water partition coefficient (Wildman–Crippen LogP) is 4.47. The van der Waals surface area contributed by atoms with E-state index in [1.807, 2.05) is 19.9 Å². The predicted molar refractivity (Wildman–Crippen MR) is 109 cm³/mol. The number of nitrogens with zero attached hydrogens (tertiary/aromatic N) is 2. The minimum Gasteiger partial charge on any atom is -0.458 e. The molecule has 6 nitrogen and oxygen atoms in total. The molecule has 30 heavy (non-hydrogen) atoms. The standard InChI is InChI=1S/C23H23FN2O4/c1-14(2)22-19(10-9-18-12-17(27)13-21(28)30-18)23(15-5-7-16(24)8-6-15)26(25-22)20-4-3-11-29-20/h3-11,14,17-18,27H,12-13H2,1-2H3. The Morgan fingerprint density at radius 1 is 1.27 bits per heavy atom. The molecule has 0 amide bonds. The summed E-state index contributed by atoms with van der Waals surface area (Å²) < 4.78 is 26.2. The van der Waals surface area contributed by atoms with Crippen molar-refractivity contribution in [3.63, 3.8) is 0 Å². The molecule has 1 saturated heterocycles. The molecule has 7 heteroatoms. The number of hydrogen-bond acceptors (Lipinski definition) is 5. The molecule has 0 bridgehead atoms. The molecule has 1 aliphatic rings. The summed E-state index contributed by atoms with van der Waals surface area (Å²) in [7, 11) is 0. The molecule has 4 rings (SSSR count). The zero-order valence-corrected chi connectivity index (χ0v) is 16.8. The number of rotatable bonds is 5. The number of halogens is 1. The lowest BCUT2D eigenvalue weighted by atomic mass is 9.98. The van der Waals surface area contributed by atoms with Crippen LogP contribution in [0.3, 0.4) is 0 Å². The van der Waals surface area contributed by atoms with Gasteiger partial charge in [-0.1, -0.05) is 19.9 Å². The van der Waals surface area contributed by atoms with E-state index < -0.39 is 18.2 Å². The SMILES string of the molecule is CC(C)c1nn(-c2ccco2)c(-c2ccc(F)cc2)c1C=CC1CC(O)CC(=O)O1. The van der Waals surface area contributed by atoms with Crippen molar-refractivity contribution >= 4 is 12.0 Å². The van der Waals surface area contributed by atoms with Gasteiger partial charge in [0.1, 0.15) is 11.9 Å². The smallest absolute Gasteiger partial charge is 0.309 e. The summed E-state index contributed by atoms with van der Waals surface area (Å²) in [5.74, 6) is -0.112. The summed E-state index contributed by atoms with van der Waals surface area (Å²) in [6.07, 6.45) is 4.32. The van der Waals surface area contributed by atoms with E-state index in [-0.39, 0.29) is 18.2 Å². The van der Waals surface area contributed by atoms with Crippen molar-refractivity contribution < 1.29 is 23.4 Å². The van der Waals surface area contributed by atoms with Crippen molar-refractivity contribution in [3.8, 4) is 17.1 Å². The van der Waals surface area contributed by atoms with Gasteiger partial charge in [-0.25, -0.2) is 4.39 Å². The van der Waals surface area contributed by atoms with Crippen molar-refractivity contribution in [3.05, 3.63) is 65.8 Å². The third kappa shape index (κ3) is 4.07. The van der Waals surface area contributed by atoms with Gasteiger partial charge in [-0.15, -0.1) is 0 Å². The highest BCUT2D eigenvalue weighted by atomic mass is 19.1. The highest BCUT2D eigenvalue weighted by molar-refractivity contribution is 5.76. The number of carbonyl (C=O) groups is 1. The first kappa shape index (κ1) is 20.1. The van der Waals surface area contributed by atoms with Crippen LogP contribution in [-0.4, -0.2) is 33.1 Å². The third-order valence-electron chi connectivity index (χ3n) is 5.00. The fourth-order valence-corrected chi connectivity index (χ4v) is 3.60. The van der Waals surface area contributed by atoms with Gasteiger partial charge in [-0.05, 0) is 42.3 Å². The van der Waals surface area contributed by atoms with Crippen LogP contribution in [0.15, 0.2) is 53.2 Å². The topological polar surface area (TPSA) is 77.5 Å². The van der Waals surface area contributed by atoms with Gasteiger partial charge >= 0.3 is 5.97 Å². The van der Waals surface area contributed by atoms with E-state index in [4.69, 9.17) is 14.3 Å². The van der Waals surface area contributed by atoms with Crippen molar-refractivity contribution in [1.82, 2.24) is 9.78 Å². The van der Waals surface area contributed by atoms with Gasteiger partial charge in [0.15, 0.2) is 0 Å². The average molecular weight is 410 g/mol. The minimum atomic E-state index is -0.715. The number of benzene rings is 1. The van der Waals surface area contributed by atoms with Crippen LogP contribution in [0.4, 0.5) is 4.39 Å². The zero-order valence-electron chi connectivity index (χ0n) is 16.8. The first-order valence-electron chi connectivity index (χ1n) is 9.91. The first-order chi connectivity index (χ1) is 14.4. The van der Waals surface area contributed by atoms with Gasteiger partial charge < -0.3 is 14.3 Å². The molecule has 156 valence electrons. The number of ether oxygens (including phenoxy) is 1. The van der Waals surface area contributed by atoms with Gasteiger partial charge in [0.25, 0.3) is 0 Å². The number of aliphatic hydroxyl groups is 1. The fraction of sp³-hybridized carbons (Fsp3) is 0.304. The van der Waals surface area contributed by atoms with Gasteiger partial charge in [-0.2, -0.15) is 9.78 Å². The van der Waals surface area contributed by atoms with Crippen LogP contribution in [0.2, 0.25) is 0 Å². The van der Waals surface area contributed by atoms with E-state index in [1.165, 1.54) is 12.1 Å². The fourth-order valence-electron chi connectivity index (χ4n) is 3.60. The zero-order chi connectivity index (χ0) is 21.3. The summed E-state index contributed by atoms with van der Waals surface area (Å²) in [6, 6.07) is 9.76. The lowest BCUT2D eigenvalue weighted by molar-refractivity contribution is -0.156. The maximum atomic E-state index is 13.5. The maximum Gasteiger partial charge on any atom is 0.309 e. The van der Waals surface area contributed by atoms with Crippen LogP contribution in [0.1, 0.15) is 43.9 Å². The van der Waals surface area contributed by atoms with Crippen molar-refractivity contribution in [1.29, 1.82) is 0 Å². The van der Waals surface area contributed by atoms with Crippen LogP contribution in [-0.2, 0) is 9.53 Å². The number of furan rings is 1. The van der Waals surface area contributed by atoms with Crippen LogP contribution >= 0.6 is 0 Å². The van der Waals surface area contributed by atoms with Gasteiger partial charge in [0, 0.05) is 23.6 Å². The number of aromatic nitrogens is 2. The third-order valence-corrected chi connectivity index (χ3v) is 5.00. The monoisotopic (exact) mass is 410 g/mol. The van der Waals surface area contributed by atoms with Crippen LogP contribution in [0, 0.1) is 5.82 Å². The number of cyclic esters (lactones) is 1. The van der Waals surface area contributed by atoms with Crippen LogP contribution in [0.5, 0.6) is 0 Å². The first-order valence-corrected chi connectivity index (χ1v) is 9.91. The molecule has 3 heterocycles. The maximum absolute atomic E-state index is 13.5. The lowest BCUT2D eigenvalue weighted by Crippen LogP contribution is -2.31. The average Bonchev–Trinajstić information content (AvgIpc) is 3.34. The number of esters is 1. The van der Waals surface area contributed by atoms with Crippen molar-refractivity contribution in [2.45, 2.75) is 44.8 Å². The molecular formula is C23H23FN2O4. The molecule has 3 aromatic rings. The summed E-state index contributed by atoms with van der Waals surface area (Å²) >= 11 is 0. The Kier molecular flexibility index (Phi) is 5.55. The molecular weight excluding hydrogens is 387 g/mol.